The summed E-state index contributed by atoms with van der Waals surface area (Å²) >= 11 is 0. The first-order valence-electron chi connectivity index (χ1n) is 8.21. The number of aryl methyl sites for hydroxylation is 1. The van der Waals surface area contributed by atoms with Crippen LogP contribution < -0.4 is 4.74 Å². The highest BCUT2D eigenvalue weighted by atomic mass is 35.5. The van der Waals surface area contributed by atoms with Gasteiger partial charge in [0.2, 0.25) is 0 Å². The number of fused-ring (bicyclic) bond motifs is 1. The van der Waals surface area contributed by atoms with E-state index >= 15 is 0 Å². The molecule has 3 rings (SSSR count). The molecular formula is C18H22ClF3N2O. The van der Waals surface area contributed by atoms with Crippen LogP contribution in [0.3, 0.4) is 0 Å². The van der Waals surface area contributed by atoms with E-state index in [9.17, 15) is 13.2 Å². The molecule has 1 aliphatic heterocycles. The van der Waals surface area contributed by atoms with Gasteiger partial charge < -0.3 is 9.64 Å². The Morgan fingerprint density at radius 2 is 1.92 bits per heavy atom. The SMILES string of the molecule is Cc1cc2cnccc2cc1OC1CCN(CCC(F)(F)F)CC1.Cl. The number of halogens is 4. The standard InChI is InChI=1S/C18H21F3N2O.ClH/c1-13-10-15-12-22-6-2-14(15)11-17(13)24-16-3-7-23(8-4-16)9-5-18(19,20)21;/h2,6,10-12,16H,3-5,7-9H2,1H3;1H. The fourth-order valence-electron chi connectivity index (χ4n) is 3.07. The Bertz CT molecular complexity index is 700. The summed E-state index contributed by atoms with van der Waals surface area (Å²) in [6.07, 6.45) is 0.328. The zero-order chi connectivity index (χ0) is 17.2. The van der Waals surface area contributed by atoms with Crippen molar-refractivity contribution in [2.45, 2.75) is 38.5 Å². The van der Waals surface area contributed by atoms with Crippen molar-refractivity contribution < 1.29 is 17.9 Å². The monoisotopic (exact) mass is 374 g/mol. The lowest BCUT2D eigenvalue weighted by Crippen LogP contribution is -2.39. The number of aromatic nitrogens is 1. The Kier molecular flexibility index (Phi) is 6.52. The number of alkyl halides is 3. The Morgan fingerprint density at radius 1 is 1.20 bits per heavy atom. The lowest BCUT2D eigenvalue weighted by atomic mass is 10.1. The second kappa shape index (κ2) is 8.23. The van der Waals surface area contributed by atoms with Crippen molar-refractivity contribution in [1.82, 2.24) is 9.88 Å². The van der Waals surface area contributed by atoms with Gasteiger partial charge in [-0.05, 0) is 48.9 Å². The molecule has 0 bridgehead atoms. The van der Waals surface area contributed by atoms with E-state index in [0.717, 1.165) is 34.9 Å². The summed E-state index contributed by atoms with van der Waals surface area (Å²) in [5, 5.41) is 2.15. The highest BCUT2D eigenvalue weighted by Crippen LogP contribution is 2.28. The quantitative estimate of drug-likeness (QED) is 0.771. The first-order valence-corrected chi connectivity index (χ1v) is 8.21. The summed E-state index contributed by atoms with van der Waals surface area (Å²) in [5.74, 6) is 0.849. The van der Waals surface area contributed by atoms with Gasteiger partial charge in [-0.2, -0.15) is 13.2 Å². The average Bonchev–Trinajstić information content (AvgIpc) is 2.54. The normalized spacial score (nSPS) is 16.6. The minimum absolute atomic E-state index is 0. The molecule has 3 nitrogen and oxygen atoms in total. The van der Waals surface area contributed by atoms with Crippen LogP contribution in [0.2, 0.25) is 0 Å². The number of piperidine rings is 1. The third kappa shape index (κ3) is 5.47. The number of likely N-dealkylation sites (tertiary alicyclic amines) is 1. The van der Waals surface area contributed by atoms with E-state index in [4.69, 9.17) is 4.74 Å². The molecule has 2 heterocycles. The average molecular weight is 375 g/mol. The maximum Gasteiger partial charge on any atom is 0.390 e. The van der Waals surface area contributed by atoms with Crippen LogP contribution in [-0.4, -0.2) is 41.8 Å². The van der Waals surface area contributed by atoms with Gasteiger partial charge >= 0.3 is 6.18 Å². The summed E-state index contributed by atoms with van der Waals surface area (Å²) in [4.78, 5) is 5.98. The maximum absolute atomic E-state index is 12.3. The van der Waals surface area contributed by atoms with Crippen molar-refractivity contribution in [3.63, 3.8) is 0 Å². The third-order valence-electron chi connectivity index (χ3n) is 4.47. The van der Waals surface area contributed by atoms with Crippen molar-refractivity contribution in [1.29, 1.82) is 0 Å². The van der Waals surface area contributed by atoms with Gasteiger partial charge in [-0.3, -0.25) is 4.98 Å². The molecule has 0 radical (unpaired) electrons. The summed E-state index contributed by atoms with van der Waals surface area (Å²) in [6.45, 7) is 3.38. The molecule has 1 aromatic heterocycles. The smallest absolute Gasteiger partial charge is 0.390 e. The molecule has 1 aliphatic rings. The van der Waals surface area contributed by atoms with Crippen LogP contribution in [-0.2, 0) is 0 Å². The molecule has 0 aliphatic carbocycles. The number of rotatable bonds is 4. The van der Waals surface area contributed by atoms with Gasteiger partial charge in [0.25, 0.3) is 0 Å². The Hall–Kier alpha value is -1.53. The van der Waals surface area contributed by atoms with Crippen LogP contribution in [0.5, 0.6) is 5.75 Å². The summed E-state index contributed by atoms with van der Waals surface area (Å²) in [5.41, 5.74) is 1.05. The van der Waals surface area contributed by atoms with Crippen molar-refractivity contribution in [2.24, 2.45) is 0 Å². The van der Waals surface area contributed by atoms with E-state index in [1.165, 1.54) is 0 Å². The van der Waals surface area contributed by atoms with Gasteiger partial charge in [0.1, 0.15) is 11.9 Å². The first kappa shape index (κ1) is 19.8. The van der Waals surface area contributed by atoms with Gasteiger partial charge in [0.05, 0.1) is 6.42 Å². The van der Waals surface area contributed by atoms with Gasteiger partial charge in [-0.15, -0.1) is 12.4 Å². The Balaban J connectivity index is 0.00000225. The summed E-state index contributed by atoms with van der Waals surface area (Å²) in [6, 6.07) is 6.01. The second-order valence-electron chi connectivity index (χ2n) is 6.36. The van der Waals surface area contributed by atoms with Gasteiger partial charge in [-0.1, -0.05) is 0 Å². The minimum Gasteiger partial charge on any atom is -0.490 e. The molecule has 7 heteroatoms. The van der Waals surface area contributed by atoms with Crippen molar-refractivity contribution in [3.05, 3.63) is 36.2 Å². The Labute approximate surface area is 151 Å². The molecule has 0 amide bonds. The van der Waals surface area contributed by atoms with Gasteiger partial charge in [0.15, 0.2) is 0 Å². The second-order valence-corrected chi connectivity index (χ2v) is 6.36. The van der Waals surface area contributed by atoms with Crippen molar-refractivity contribution in [2.75, 3.05) is 19.6 Å². The number of ether oxygens (including phenoxy) is 1. The fourth-order valence-corrected chi connectivity index (χ4v) is 3.07. The van der Waals surface area contributed by atoms with Crippen LogP contribution in [0.25, 0.3) is 10.8 Å². The predicted molar refractivity (Wildman–Crippen MR) is 94.5 cm³/mol. The molecule has 25 heavy (non-hydrogen) atoms. The Morgan fingerprint density at radius 3 is 2.60 bits per heavy atom. The molecule has 0 saturated carbocycles. The molecule has 138 valence electrons. The van der Waals surface area contributed by atoms with E-state index in [1.807, 2.05) is 30.2 Å². The fraction of sp³-hybridized carbons (Fsp3) is 0.500. The topological polar surface area (TPSA) is 25.4 Å². The molecule has 2 aromatic rings. The van der Waals surface area contributed by atoms with E-state index in [0.29, 0.717) is 13.1 Å². The number of benzene rings is 1. The van der Waals surface area contributed by atoms with Crippen LogP contribution in [0.15, 0.2) is 30.6 Å². The largest absolute Gasteiger partial charge is 0.490 e. The van der Waals surface area contributed by atoms with Gasteiger partial charge in [0, 0.05) is 37.4 Å². The highest BCUT2D eigenvalue weighted by Gasteiger charge is 2.29. The lowest BCUT2D eigenvalue weighted by Gasteiger charge is -2.32. The molecule has 0 spiro atoms. The zero-order valence-corrected chi connectivity index (χ0v) is 14.9. The maximum atomic E-state index is 12.3. The molecule has 0 unspecified atom stereocenters. The van der Waals surface area contributed by atoms with E-state index in [2.05, 4.69) is 11.1 Å². The van der Waals surface area contributed by atoms with Crippen molar-refractivity contribution in [3.8, 4) is 5.75 Å². The van der Waals surface area contributed by atoms with E-state index in [1.54, 1.807) is 6.20 Å². The van der Waals surface area contributed by atoms with Crippen molar-refractivity contribution >= 4 is 23.2 Å². The summed E-state index contributed by atoms with van der Waals surface area (Å²) < 4.78 is 43.0. The zero-order valence-electron chi connectivity index (χ0n) is 14.1. The molecular weight excluding hydrogens is 353 g/mol. The van der Waals surface area contributed by atoms with E-state index < -0.39 is 12.6 Å². The van der Waals surface area contributed by atoms with Crippen LogP contribution in [0, 0.1) is 6.92 Å². The predicted octanol–water partition coefficient (Wildman–Crippen LogP) is 4.76. The van der Waals surface area contributed by atoms with Crippen LogP contribution in [0.4, 0.5) is 13.2 Å². The highest BCUT2D eigenvalue weighted by molar-refractivity contribution is 5.85. The molecule has 0 atom stereocenters. The summed E-state index contributed by atoms with van der Waals surface area (Å²) in [7, 11) is 0. The number of hydrogen-bond donors (Lipinski definition) is 0. The number of hydrogen-bond acceptors (Lipinski definition) is 3. The number of nitrogens with zero attached hydrogens (tertiary/aromatic N) is 2. The molecule has 0 N–H and O–H groups in total. The van der Waals surface area contributed by atoms with Gasteiger partial charge in [-0.25, -0.2) is 0 Å². The van der Waals surface area contributed by atoms with E-state index in [-0.39, 0.29) is 25.1 Å². The lowest BCUT2D eigenvalue weighted by molar-refractivity contribution is -0.138. The van der Waals surface area contributed by atoms with Crippen LogP contribution in [0.1, 0.15) is 24.8 Å². The third-order valence-corrected chi connectivity index (χ3v) is 4.47. The van der Waals surface area contributed by atoms with Crippen LogP contribution >= 0.6 is 12.4 Å². The first-order chi connectivity index (χ1) is 11.4. The minimum atomic E-state index is -4.08. The molecule has 1 saturated heterocycles. The molecule has 1 aromatic carbocycles. The number of pyridine rings is 1. The molecule has 1 fully saturated rings.